The second-order valence-electron chi connectivity index (χ2n) is 11.9. The Hall–Kier alpha value is -1.98. The molecule has 3 aliphatic rings. The van der Waals surface area contributed by atoms with Gasteiger partial charge in [-0.25, -0.2) is 8.42 Å². The van der Waals surface area contributed by atoms with Crippen molar-refractivity contribution in [3.63, 3.8) is 0 Å². The van der Waals surface area contributed by atoms with E-state index >= 15 is 0 Å². The normalized spacial score (nSPS) is 32.3. The average molecular weight is 545 g/mol. The first-order valence-electron chi connectivity index (χ1n) is 14.2. The minimum atomic E-state index is -3.54. The van der Waals surface area contributed by atoms with Crippen LogP contribution < -0.4 is 20.3 Å². The van der Waals surface area contributed by atoms with Crippen molar-refractivity contribution in [2.75, 3.05) is 18.1 Å². The van der Waals surface area contributed by atoms with Gasteiger partial charge in [0.05, 0.1) is 29.8 Å². The number of nitrogens with one attached hydrogen (secondary N) is 4. The van der Waals surface area contributed by atoms with Gasteiger partial charge in [0.1, 0.15) is 12.5 Å². The van der Waals surface area contributed by atoms with Crippen LogP contribution in [0.25, 0.3) is 0 Å². The lowest BCUT2D eigenvalue weighted by atomic mass is 9.87. The van der Waals surface area contributed by atoms with E-state index < -0.39 is 21.6 Å². The van der Waals surface area contributed by atoms with Gasteiger partial charge in [-0.2, -0.15) is 9.82 Å². The van der Waals surface area contributed by atoms with Crippen LogP contribution in [0.5, 0.6) is 0 Å². The molecule has 5 unspecified atom stereocenters. The first-order chi connectivity index (χ1) is 18.2. The van der Waals surface area contributed by atoms with Crippen LogP contribution in [0.1, 0.15) is 75.1 Å². The molecule has 210 valence electrons. The number of hydrogen-bond donors (Lipinski definition) is 4. The van der Waals surface area contributed by atoms with Crippen molar-refractivity contribution >= 4 is 15.7 Å². The predicted molar refractivity (Wildman–Crippen MR) is 150 cm³/mol. The fourth-order valence-electron chi connectivity index (χ4n) is 6.70. The molecule has 1 aromatic heterocycles. The lowest BCUT2D eigenvalue weighted by Crippen LogP contribution is -2.64. The van der Waals surface area contributed by atoms with Gasteiger partial charge in [-0.3, -0.25) is 15.7 Å². The highest BCUT2D eigenvalue weighted by Gasteiger charge is 2.39. The molecule has 5 rings (SSSR count). The molecule has 2 aromatic rings. The van der Waals surface area contributed by atoms with Crippen LogP contribution >= 0.6 is 0 Å². The summed E-state index contributed by atoms with van der Waals surface area (Å²) in [7, 11) is -3.54. The molecule has 3 heterocycles. The summed E-state index contributed by atoms with van der Waals surface area (Å²) in [6, 6.07) is 6.43. The first-order valence-corrected chi connectivity index (χ1v) is 15.7. The molecule has 9 nitrogen and oxygen atoms in total. The molecule has 0 amide bonds. The van der Waals surface area contributed by atoms with Crippen molar-refractivity contribution in [1.82, 2.24) is 25.6 Å². The van der Waals surface area contributed by atoms with Crippen LogP contribution in [0.15, 0.2) is 30.6 Å². The van der Waals surface area contributed by atoms with Gasteiger partial charge >= 0.3 is 0 Å². The predicted octanol–water partition coefficient (Wildman–Crippen LogP) is 3.69. The fraction of sp³-hybridized carbons (Fsp3) is 0.679. The molecule has 0 spiro atoms. The Kier molecular flexibility index (Phi) is 8.45. The number of aryl methyl sites for hydroxylation is 2. The third-order valence-corrected chi connectivity index (χ3v) is 10.3. The maximum atomic E-state index is 13.7. The summed E-state index contributed by atoms with van der Waals surface area (Å²) in [5.41, 5.74) is 4.65. The molecular weight excluding hydrogens is 500 g/mol. The van der Waals surface area contributed by atoms with E-state index in [-0.39, 0.29) is 18.3 Å². The first kappa shape index (κ1) is 27.6. The monoisotopic (exact) mass is 544 g/mol. The van der Waals surface area contributed by atoms with Crippen molar-refractivity contribution in [2.24, 2.45) is 11.8 Å². The highest BCUT2D eigenvalue weighted by atomic mass is 32.2. The van der Waals surface area contributed by atoms with Crippen molar-refractivity contribution in [3.8, 4) is 0 Å². The summed E-state index contributed by atoms with van der Waals surface area (Å²) in [6.45, 7) is 10.1. The van der Waals surface area contributed by atoms with Crippen LogP contribution in [-0.4, -0.2) is 55.6 Å². The number of anilines is 1. The SMILES string of the molecule is Cc1cccc(C)c1C1CC2NC(N1)NS(=O)(=O)C1CCCC(C1)CN(c1cn[nH]c1)[C@H](CC(C)C)CO2. The summed E-state index contributed by atoms with van der Waals surface area (Å²) >= 11 is 0. The van der Waals surface area contributed by atoms with E-state index in [2.05, 4.69) is 76.3 Å². The lowest BCUT2D eigenvalue weighted by Gasteiger charge is -2.40. The number of H-pyrrole nitrogens is 1. The van der Waals surface area contributed by atoms with Gasteiger partial charge < -0.3 is 9.64 Å². The number of nitrogens with zero attached hydrogens (tertiary/aromatic N) is 2. The van der Waals surface area contributed by atoms with E-state index in [4.69, 9.17) is 4.74 Å². The van der Waals surface area contributed by atoms with Gasteiger partial charge in [0.25, 0.3) is 0 Å². The highest BCUT2D eigenvalue weighted by molar-refractivity contribution is 7.90. The number of aromatic nitrogens is 2. The minimum absolute atomic E-state index is 0.0343. The number of rotatable bonds is 4. The van der Waals surface area contributed by atoms with E-state index in [1.165, 1.54) is 16.7 Å². The van der Waals surface area contributed by atoms with Crippen molar-refractivity contribution in [2.45, 2.75) is 96.1 Å². The number of fused-ring (bicyclic) bond motifs is 4. The van der Waals surface area contributed by atoms with Crippen molar-refractivity contribution < 1.29 is 13.2 Å². The molecule has 0 radical (unpaired) electrons. The molecule has 2 saturated heterocycles. The Morgan fingerprint density at radius 2 is 1.92 bits per heavy atom. The summed E-state index contributed by atoms with van der Waals surface area (Å²) in [5.74, 6) is 0.782. The third-order valence-electron chi connectivity index (χ3n) is 8.46. The van der Waals surface area contributed by atoms with Gasteiger partial charge in [-0.1, -0.05) is 38.5 Å². The molecule has 1 saturated carbocycles. The summed E-state index contributed by atoms with van der Waals surface area (Å²) < 4.78 is 36.9. The summed E-state index contributed by atoms with van der Waals surface area (Å²) in [6.07, 6.45) is 7.91. The fourth-order valence-corrected chi connectivity index (χ4v) is 8.36. The second-order valence-corrected chi connectivity index (χ2v) is 13.9. The molecular formula is C28H44N6O3S. The van der Waals surface area contributed by atoms with Gasteiger partial charge in [0.15, 0.2) is 0 Å². The van der Waals surface area contributed by atoms with Gasteiger partial charge in [0.2, 0.25) is 10.0 Å². The van der Waals surface area contributed by atoms with Gasteiger partial charge in [-0.15, -0.1) is 0 Å². The molecule has 6 atom stereocenters. The topological polar surface area (TPSA) is 111 Å². The molecule has 38 heavy (non-hydrogen) atoms. The zero-order valence-corrected chi connectivity index (χ0v) is 23.9. The molecule has 4 bridgehead atoms. The van der Waals surface area contributed by atoms with Crippen molar-refractivity contribution in [3.05, 3.63) is 47.3 Å². The number of benzene rings is 1. The van der Waals surface area contributed by atoms with Crippen LogP contribution in [0.4, 0.5) is 5.69 Å². The Balaban J connectivity index is 1.50. The van der Waals surface area contributed by atoms with Gasteiger partial charge in [0, 0.05) is 25.2 Å². The zero-order chi connectivity index (χ0) is 26.9. The molecule has 4 N–H and O–H groups in total. The third kappa shape index (κ3) is 6.25. The highest BCUT2D eigenvalue weighted by Crippen LogP contribution is 2.34. The second kappa shape index (κ2) is 11.6. The maximum Gasteiger partial charge on any atom is 0.216 e. The Morgan fingerprint density at radius 1 is 1.13 bits per heavy atom. The Bertz CT molecular complexity index is 1150. The quantitative estimate of drug-likeness (QED) is 0.465. The van der Waals surface area contributed by atoms with Crippen molar-refractivity contribution in [1.29, 1.82) is 0 Å². The van der Waals surface area contributed by atoms with E-state index in [0.717, 1.165) is 31.5 Å². The minimum Gasteiger partial charge on any atom is -0.363 e. The molecule has 1 aromatic carbocycles. The molecule has 2 aliphatic heterocycles. The molecule has 10 heteroatoms. The number of ether oxygens (including phenoxy) is 1. The maximum absolute atomic E-state index is 13.7. The summed E-state index contributed by atoms with van der Waals surface area (Å²) in [4.78, 5) is 2.41. The lowest BCUT2D eigenvalue weighted by molar-refractivity contribution is -0.0244. The standard InChI is InChI=1S/C28H44N6O3S/c1-18(2)11-22-17-37-26-13-25(27-19(3)7-5-8-20(27)4)31-28(32-26)33-38(35,36)24-10-6-9-21(12-24)16-34(22)23-14-29-30-15-23/h5,7-8,14-15,18,21-22,24-26,28,31-33H,6,9-13,16-17H2,1-4H3,(H,29,30)/t21?,22-,24?,25?,26?,28?/m1/s1. The molecule has 1 aliphatic carbocycles. The number of aromatic amines is 1. The van der Waals surface area contributed by atoms with E-state index in [0.29, 0.717) is 37.7 Å². The van der Waals surface area contributed by atoms with Crippen LogP contribution in [0.2, 0.25) is 0 Å². The van der Waals surface area contributed by atoms with Crippen LogP contribution in [0.3, 0.4) is 0 Å². The van der Waals surface area contributed by atoms with E-state index in [9.17, 15) is 8.42 Å². The largest absolute Gasteiger partial charge is 0.363 e. The summed E-state index contributed by atoms with van der Waals surface area (Å²) in [5, 5.41) is 13.8. The van der Waals surface area contributed by atoms with Gasteiger partial charge in [-0.05, 0) is 68.1 Å². The number of hydrogen-bond acceptors (Lipinski definition) is 7. The number of sulfonamides is 1. The van der Waals surface area contributed by atoms with Crippen LogP contribution in [-0.2, 0) is 14.8 Å². The molecule has 3 fully saturated rings. The van der Waals surface area contributed by atoms with E-state index in [1.807, 2.05) is 12.4 Å². The van der Waals surface area contributed by atoms with Crippen LogP contribution in [0, 0.1) is 25.7 Å². The average Bonchev–Trinajstić information content (AvgIpc) is 3.39. The smallest absolute Gasteiger partial charge is 0.216 e. The van der Waals surface area contributed by atoms with E-state index in [1.54, 1.807) is 0 Å². The Morgan fingerprint density at radius 3 is 2.63 bits per heavy atom. The Labute approximate surface area is 227 Å². The zero-order valence-electron chi connectivity index (χ0n) is 23.1.